The van der Waals surface area contributed by atoms with Gasteiger partial charge in [0.25, 0.3) is 0 Å². The van der Waals surface area contributed by atoms with Crippen molar-refractivity contribution >= 4 is 11.6 Å². The summed E-state index contributed by atoms with van der Waals surface area (Å²) in [4.78, 5) is 6.50. The highest BCUT2D eigenvalue weighted by atomic mass is 35.5. The molecule has 1 aromatic rings. The Morgan fingerprint density at radius 3 is 2.60 bits per heavy atom. The lowest BCUT2D eigenvalue weighted by molar-refractivity contribution is 0.277. The molecule has 0 saturated carbocycles. The molecule has 82 valence electrons. The fourth-order valence-corrected chi connectivity index (χ4v) is 2.25. The van der Waals surface area contributed by atoms with Gasteiger partial charge < -0.3 is 0 Å². The Morgan fingerprint density at radius 1 is 1.20 bits per heavy atom. The number of rotatable bonds is 2. The van der Waals surface area contributed by atoms with Gasteiger partial charge in [0.1, 0.15) is 0 Å². The molecule has 0 atom stereocenters. The topological polar surface area (TPSA) is 16.1 Å². The number of aromatic nitrogens is 1. The molecule has 3 heteroatoms. The fraction of sp³-hybridized carbons (Fsp3) is 0.583. The van der Waals surface area contributed by atoms with E-state index in [0.717, 1.165) is 11.6 Å². The van der Waals surface area contributed by atoms with E-state index in [1.165, 1.54) is 44.3 Å². The molecule has 0 aliphatic carbocycles. The third-order valence-corrected chi connectivity index (χ3v) is 3.29. The van der Waals surface area contributed by atoms with Crippen molar-refractivity contribution in [1.29, 1.82) is 0 Å². The van der Waals surface area contributed by atoms with E-state index in [2.05, 4.69) is 9.88 Å². The number of nitrogens with zero attached hydrogens (tertiary/aromatic N) is 2. The molecule has 0 unspecified atom stereocenters. The molecule has 2 nitrogen and oxygen atoms in total. The van der Waals surface area contributed by atoms with Gasteiger partial charge in [-0.3, -0.25) is 9.88 Å². The summed E-state index contributed by atoms with van der Waals surface area (Å²) >= 11 is 6.10. The van der Waals surface area contributed by atoms with E-state index < -0.39 is 0 Å². The van der Waals surface area contributed by atoms with Gasteiger partial charge in [-0.05, 0) is 37.6 Å². The Bertz CT molecular complexity index is 306. The van der Waals surface area contributed by atoms with Crippen molar-refractivity contribution in [3.05, 3.63) is 29.0 Å². The predicted molar refractivity (Wildman–Crippen MR) is 63.0 cm³/mol. The predicted octanol–water partition coefficient (Wildman–Crippen LogP) is 3.11. The second-order valence-electron chi connectivity index (χ2n) is 4.16. The van der Waals surface area contributed by atoms with E-state index in [9.17, 15) is 0 Å². The average Bonchev–Trinajstić information content (AvgIpc) is 2.50. The molecule has 0 N–H and O–H groups in total. The van der Waals surface area contributed by atoms with E-state index in [1.54, 1.807) is 6.20 Å². The number of likely N-dealkylation sites (tertiary alicyclic amines) is 1. The van der Waals surface area contributed by atoms with Crippen LogP contribution in [0.25, 0.3) is 0 Å². The largest absolute Gasteiger partial charge is 0.299 e. The molecule has 0 amide bonds. The highest BCUT2D eigenvalue weighted by molar-refractivity contribution is 6.31. The second kappa shape index (κ2) is 5.47. The molecule has 0 aromatic carbocycles. The zero-order chi connectivity index (χ0) is 10.5. The Hall–Kier alpha value is -0.600. The normalized spacial score (nSPS) is 18.7. The average molecular weight is 225 g/mol. The van der Waals surface area contributed by atoms with Crippen molar-refractivity contribution in [2.75, 3.05) is 13.1 Å². The molecule has 0 radical (unpaired) electrons. The van der Waals surface area contributed by atoms with Crippen LogP contribution in [0.2, 0.25) is 5.02 Å². The Kier molecular flexibility index (Phi) is 3.98. The number of hydrogen-bond acceptors (Lipinski definition) is 2. The third-order valence-electron chi connectivity index (χ3n) is 2.95. The Morgan fingerprint density at radius 2 is 1.93 bits per heavy atom. The summed E-state index contributed by atoms with van der Waals surface area (Å²) in [5, 5.41) is 0.793. The summed E-state index contributed by atoms with van der Waals surface area (Å²) in [6, 6.07) is 2.02. The van der Waals surface area contributed by atoms with E-state index in [4.69, 9.17) is 11.6 Å². The number of hydrogen-bond donors (Lipinski definition) is 0. The van der Waals surface area contributed by atoms with Crippen molar-refractivity contribution in [2.24, 2.45) is 0 Å². The molecule has 1 saturated heterocycles. The van der Waals surface area contributed by atoms with Gasteiger partial charge in [0, 0.05) is 18.9 Å². The minimum atomic E-state index is 0.793. The minimum Gasteiger partial charge on any atom is -0.299 e. The molecule has 2 rings (SSSR count). The maximum atomic E-state index is 6.10. The van der Waals surface area contributed by atoms with Gasteiger partial charge in [-0.1, -0.05) is 24.4 Å². The van der Waals surface area contributed by atoms with Crippen LogP contribution < -0.4 is 0 Å². The highest BCUT2D eigenvalue weighted by Gasteiger charge is 2.10. The molecule has 1 fully saturated rings. The van der Waals surface area contributed by atoms with Crippen LogP contribution in [0, 0.1) is 0 Å². The number of halogens is 1. The zero-order valence-corrected chi connectivity index (χ0v) is 9.71. The van der Waals surface area contributed by atoms with E-state index >= 15 is 0 Å². The first-order valence-corrected chi connectivity index (χ1v) is 6.05. The fourth-order valence-electron chi connectivity index (χ4n) is 2.07. The van der Waals surface area contributed by atoms with Crippen LogP contribution in [0.15, 0.2) is 18.5 Å². The zero-order valence-electron chi connectivity index (χ0n) is 8.95. The standard InChI is InChI=1S/C12H17ClN2/c13-12-9-14-6-5-11(12)10-15-7-3-1-2-4-8-15/h5-6,9H,1-4,7-8,10H2. The molecule has 0 spiro atoms. The van der Waals surface area contributed by atoms with E-state index in [1.807, 2.05) is 12.3 Å². The van der Waals surface area contributed by atoms with Crippen molar-refractivity contribution in [3.8, 4) is 0 Å². The molecule has 1 aromatic heterocycles. The lowest BCUT2D eigenvalue weighted by atomic mass is 10.2. The summed E-state index contributed by atoms with van der Waals surface area (Å²) < 4.78 is 0. The second-order valence-corrected chi connectivity index (χ2v) is 4.56. The quantitative estimate of drug-likeness (QED) is 0.768. The van der Waals surface area contributed by atoms with Crippen molar-refractivity contribution in [2.45, 2.75) is 32.2 Å². The monoisotopic (exact) mass is 224 g/mol. The summed E-state index contributed by atoms with van der Waals surface area (Å²) in [6.45, 7) is 3.39. The molecular formula is C12H17ClN2. The van der Waals surface area contributed by atoms with Gasteiger partial charge in [-0.2, -0.15) is 0 Å². The summed E-state index contributed by atoms with van der Waals surface area (Å²) in [7, 11) is 0. The van der Waals surface area contributed by atoms with Crippen LogP contribution >= 0.6 is 11.6 Å². The molecule has 1 aliphatic heterocycles. The lowest BCUT2D eigenvalue weighted by Crippen LogP contribution is -2.24. The smallest absolute Gasteiger partial charge is 0.0634 e. The van der Waals surface area contributed by atoms with Crippen LogP contribution in [-0.2, 0) is 6.54 Å². The molecule has 2 heterocycles. The highest BCUT2D eigenvalue weighted by Crippen LogP contribution is 2.18. The molecular weight excluding hydrogens is 208 g/mol. The van der Waals surface area contributed by atoms with Crippen LogP contribution in [0.5, 0.6) is 0 Å². The van der Waals surface area contributed by atoms with Gasteiger partial charge in [0.15, 0.2) is 0 Å². The van der Waals surface area contributed by atoms with Crippen molar-refractivity contribution < 1.29 is 0 Å². The minimum absolute atomic E-state index is 0.793. The molecule has 1 aliphatic rings. The summed E-state index contributed by atoms with van der Waals surface area (Å²) in [5.41, 5.74) is 1.20. The first kappa shape index (κ1) is 10.9. The first-order chi connectivity index (χ1) is 7.36. The SMILES string of the molecule is Clc1cnccc1CN1CCCCCC1. The van der Waals surface area contributed by atoms with Gasteiger partial charge in [0.05, 0.1) is 5.02 Å². The van der Waals surface area contributed by atoms with Crippen molar-refractivity contribution in [1.82, 2.24) is 9.88 Å². The lowest BCUT2D eigenvalue weighted by Gasteiger charge is -2.20. The van der Waals surface area contributed by atoms with Crippen LogP contribution in [0.3, 0.4) is 0 Å². The number of pyridine rings is 1. The van der Waals surface area contributed by atoms with Gasteiger partial charge in [-0.15, -0.1) is 0 Å². The van der Waals surface area contributed by atoms with Crippen LogP contribution in [0.4, 0.5) is 0 Å². The summed E-state index contributed by atoms with van der Waals surface area (Å²) in [6.07, 6.45) is 8.94. The van der Waals surface area contributed by atoms with Crippen molar-refractivity contribution in [3.63, 3.8) is 0 Å². The maximum Gasteiger partial charge on any atom is 0.0634 e. The van der Waals surface area contributed by atoms with Crippen LogP contribution in [-0.4, -0.2) is 23.0 Å². The third kappa shape index (κ3) is 3.18. The Labute approximate surface area is 96.3 Å². The summed E-state index contributed by atoms with van der Waals surface area (Å²) in [5.74, 6) is 0. The van der Waals surface area contributed by atoms with Gasteiger partial charge in [-0.25, -0.2) is 0 Å². The molecule has 0 bridgehead atoms. The first-order valence-electron chi connectivity index (χ1n) is 5.67. The molecule has 15 heavy (non-hydrogen) atoms. The van der Waals surface area contributed by atoms with Crippen LogP contribution in [0.1, 0.15) is 31.2 Å². The van der Waals surface area contributed by atoms with Gasteiger partial charge in [0.2, 0.25) is 0 Å². The van der Waals surface area contributed by atoms with E-state index in [-0.39, 0.29) is 0 Å². The maximum absolute atomic E-state index is 6.10. The van der Waals surface area contributed by atoms with Gasteiger partial charge >= 0.3 is 0 Å². The Balaban J connectivity index is 1.98. The van der Waals surface area contributed by atoms with E-state index in [0.29, 0.717) is 0 Å².